The molecule has 0 spiro atoms. The Balaban J connectivity index is 1.47. The maximum Gasteiger partial charge on any atom is 0.323 e. The highest BCUT2D eigenvalue weighted by molar-refractivity contribution is 7.21. The molecule has 0 atom stereocenters. The predicted molar refractivity (Wildman–Crippen MR) is 131 cm³/mol. The Morgan fingerprint density at radius 1 is 1.00 bits per heavy atom. The zero-order valence-electron chi connectivity index (χ0n) is 18.7. The molecule has 0 saturated heterocycles. The topological polar surface area (TPSA) is 135 Å². The molecule has 184 valence electrons. The Morgan fingerprint density at radius 2 is 1.78 bits per heavy atom. The molecule has 0 radical (unpaired) electrons. The smallest absolute Gasteiger partial charge is 0.323 e. The summed E-state index contributed by atoms with van der Waals surface area (Å²) in [6, 6.07) is 10.3. The summed E-state index contributed by atoms with van der Waals surface area (Å²) in [7, 11) is 0. The summed E-state index contributed by atoms with van der Waals surface area (Å²) < 4.78 is 34.9. The van der Waals surface area contributed by atoms with E-state index in [2.05, 4.69) is 20.9 Å². The van der Waals surface area contributed by atoms with E-state index in [4.69, 9.17) is 10.5 Å². The van der Waals surface area contributed by atoms with Gasteiger partial charge in [0, 0.05) is 18.3 Å². The number of primary amides is 1. The number of pyridine rings is 1. The molecule has 4 amide bonds. The van der Waals surface area contributed by atoms with E-state index >= 15 is 0 Å². The normalized spacial score (nSPS) is 10.6. The van der Waals surface area contributed by atoms with Crippen molar-refractivity contribution in [1.82, 2.24) is 10.3 Å². The SMILES string of the molecule is Cc1ccc(F)c(NC(=O)Nc2ccc(Oc3ccnc4cc(C(=O)NCC(N)=O)sc34)cc2F)c1. The highest BCUT2D eigenvalue weighted by atomic mass is 32.1. The van der Waals surface area contributed by atoms with E-state index in [1.165, 1.54) is 36.5 Å². The van der Waals surface area contributed by atoms with Gasteiger partial charge in [-0.05, 0) is 42.8 Å². The van der Waals surface area contributed by atoms with Crippen LogP contribution in [0.3, 0.4) is 0 Å². The second-order valence-electron chi connectivity index (χ2n) is 7.59. The first-order valence-corrected chi connectivity index (χ1v) is 11.3. The molecule has 0 saturated carbocycles. The highest BCUT2D eigenvalue weighted by Gasteiger charge is 2.16. The first kappa shape index (κ1) is 24.5. The Morgan fingerprint density at radius 3 is 2.53 bits per heavy atom. The monoisotopic (exact) mass is 511 g/mol. The summed E-state index contributed by atoms with van der Waals surface area (Å²) in [6.07, 6.45) is 1.47. The number of urea groups is 1. The fraction of sp³-hybridized carbons (Fsp3) is 0.0833. The minimum Gasteiger partial charge on any atom is -0.456 e. The molecule has 36 heavy (non-hydrogen) atoms. The van der Waals surface area contributed by atoms with Crippen LogP contribution >= 0.6 is 11.3 Å². The van der Waals surface area contributed by atoms with Crippen LogP contribution in [0.1, 0.15) is 15.2 Å². The van der Waals surface area contributed by atoms with Crippen molar-refractivity contribution in [3.63, 3.8) is 0 Å². The minimum absolute atomic E-state index is 0.0341. The third-order valence-corrected chi connectivity index (χ3v) is 5.95. The van der Waals surface area contributed by atoms with Gasteiger partial charge in [-0.15, -0.1) is 11.3 Å². The van der Waals surface area contributed by atoms with Crippen molar-refractivity contribution in [1.29, 1.82) is 0 Å². The van der Waals surface area contributed by atoms with Crippen LogP contribution in [0.5, 0.6) is 11.5 Å². The number of aromatic nitrogens is 1. The number of halogens is 2. The van der Waals surface area contributed by atoms with E-state index in [1.54, 1.807) is 19.1 Å². The van der Waals surface area contributed by atoms with Crippen LogP contribution in [0, 0.1) is 18.6 Å². The van der Waals surface area contributed by atoms with Crippen LogP contribution in [0.15, 0.2) is 54.7 Å². The van der Waals surface area contributed by atoms with Crippen molar-refractivity contribution >= 4 is 50.8 Å². The lowest BCUT2D eigenvalue weighted by Crippen LogP contribution is -2.32. The molecule has 0 aliphatic heterocycles. The summed E-state index contributed by atoms with van der Waals surface area (Å²) in [5, 5.41) is 7.07. The largest absolute Gasteiger partial charge is 0.456 e. The summed E-state index contributed by atoms with van der Waals surface area (Å²) in [5.74, 6) is -2.11. The zero-order valence-corrected chi connectivity index (χ0v) is 19.5. The van der Waals surface area contributed by atoms with Crippen molar-refractivity contribution < 1.29 is 27.9 Å². The molecular weight excluding hydrogens is 492 g/mol. The van der Waals surface area contributed by atoms with Gasteiger partial charge in [-0.2, -0.15) is 0 Å². The number of thiophene rings is 1. The third-order valence-electron chi connectivity index (χ3n) is 4.81. The number of benzene rings is 2. The Labute approximate surface area is 207 Å². The molecular formula is C24H19F2N5O4S. The average molecular weight is 512 g/mol. The molecule has 4 aromatic rings. The number of amides is 4. The first-order valence-electron chi connectivity index (χ1n) is 10.5. The number of rotatable bonds is 7. The molecule has 0 aliphatic rings. The number of carbonyl (C=O) groups excluding carboxylic acids is 3. The number of anilines is 2. The number of hydrogen-bond acceptors (Lipinski definition) is 6. The fourth-order valence-corrected chi connectivity index (χ4v) is 4.14. The van der Waals surface area contributed by atoms with Gasteiger partial charge >= 0.3 is 6.03 Å². The number of fused-ring (bicyclic) bond motifs is 1. The molecule has 0 fully saturated rings. The molecule has 2 heterocycles. The third kappa shape index (κ3) is 5.73. The molecule has 12 heteroatoms. The maximum atomic E-state index is 14.7. The number of nitrogens with one attached hydrogen (secondary N) is 3. The predicted octanol–water partition coefficient (Wildman–Crippen LogP) is 4.53. The number of ether oxygens (including phenoxy) is 1. The standard InChI is InChI=1S/C24H19F2N5O4S/c1-12-2-4-14(25)17(8-12)31-24(34)30-16-5-3-13(9-15(16)26)35-19-6-7-28-18-10-20(36-22(18)19)23(33)29-11-21(27)32/h2-10H,11H2,1H3,(H2,27,32)(H,29,33)(H2,30,31,34). The molecule has 0 unspecified atom stereocenters. The lowest BCUT2D eigenvalue weighted by atomic mass is 10.2. The average Bonchev–Trinajstić information content (AvgIpc) is 3.27. The van der Waals surface area contributed by atoms with Crippen LogP contribution in [0.4, 0.5) is 25.0 Å². The quantitative estimate of drug-likeness (QED) is 0.289. The van der Waals surface area contributed by atoms with Crippen LogP contribution < -0.4 is 26.4 Å². The number of nitrogens with two attached hydrogens (primary N) is 1. The van der Waals surface area contributed by atoms with E-state index < -0.39 is 29.5 Å². The van der Waals surface area contributed by atoms with Crippen LogP contribution in [-0.4, -0.2) is 29.4 Å². The van der Waals surface area contributed by atoms with Gasteiger partial charge in [-0.1, -0.05) is 6.07 Å². The Bertz CT molecular complexity index is 1490. The van der Waals surface area contributed by atoms with Gasteiger partial charge < -0.3 is 26.4 Å². The van der Waals surface area contributed by atoms with E-state index in [-0.39, 0.29) is 28.5 Å². The van der Waals surface area contributed by atoms with E-state index in [0.29, 0.717) is 16.0 Å². The van der Waals surface area contributed by atoms with Gasteiger partial charge in [0.05, 0.1) is 33.0 Å². The number of aryl methyl sites for hydroxylation is 1. The lowest BCUT2D eigenvalue weighted by Gasteiger charge is -2.11. The van der Waals surface area contributed by atoms with Gasteiger partial charge in [-0.3, -0.25) is 14.6 Å². The van der Waals surface area contributed by atoms with Gasteiger partial charge in [0.25, 0.3) is 5.91 Å². The van der Waals surface area contributed by atoms with Crippen LogP contribution in [0.2, 0.25) is 0 Å². The molecule has 0 aliphatic carbocycles. The number of carbonyl (C=O) groups is 3. The number of hydrogen-bond donors (Lipinski definition) is 4. The van der Waals surface area contributed by atoms with Crippen molar-refractivity contribution in [2.45, 2.75) is 6.92 Å². The van der Waals surface area contributed by atoms with Gasteiger partial charge in [0.15, 0.2) is 0 Å². The van der Waals surface area contributed by atoms with E-state index in [0.717, 1.165) is 23.0 Å². The highest BCUT2D eigenvalue weighted by Crippen LogP contribution is 2.35. The summed E-state index contributed by atoms with van der Waals surface area (Å²) in [4.78, 5) is 39.8. The van der Waals surface area contributed by atoms with Gasteiger partial charge in [0.2, 0.25) is 5.91 Å². The Hall–Kier alpha value is -4.58. The Kier molecular flexibility index (Phi) is 7.06. The van der Waals surface area contributed by atoms with Crippen LogP contribution in [-0.2, 0) is 4.79 Å². The summed E-state index contributed by atoms with van der Waals surface area (Å²) in [6.45, 7) is 1.44. The summed E-state index contributed by atoms with van der Waals surface area (Å²) in [5.41, 5.74) is 6.09. The second kappa shape index (κ2) is 10.4. The molecule has 2 aromatic carbocycles. The van der Waals surface area contributed by atoms with E-state index in [1.807, 2.05) is 0 Å². The minimum atomic E-state index is -0.816. The van der Waals surface area contributed by atoms with Gasteiger partial charge in [-0.25, -0.2) is 13.6 Å². The maximum absolute atomic E-state index is 14.7. The molecule has 9 nitrogen and oxygen atoms in total. The molecule has 0 bridgehead atoms. The summed E-state index contributed by atoms with van der Waals surface area (Å²) >= 11 is 1.08. The first-order chi connectivity index (χ1) is 17.2. The second-order valence-corrected chi connectivity index (χ2v) is 8.64. The molecule has 4 rings (SSSR count). The van der Waals surface area contributed by atoms with E-state index in [9.17, 15) is 23.2 Å². The molecule has 5 N–H and O–H groups in total. The van der Waals surface area contributed by atoms with Crippen LogP contribution in [0.25, 0.3) is 10.2 Å². The lowest BCUT2D eigenvalue weighted by molar-refractivity contribution is -0.117. The zero-order chi connectivity index (χ0) is 25.8. The van der Waals surface area contributed by atoms with Gasteiger partial charge in [0.1, 0.15) is 23.1 Å². The number of nitrogens with zero attached hydrogens (tertiary/aromatic N) is 1. The van der Waals surface area contributed by atoms with Crippen molar-refractivity contribution in [2.75, 3.05) is 17.2 Å². The van der Waals surface area contributed by atoms with Crippen molar-refractivity contribution in [3.8, 4) is 11.5 Å². The fourth-order valence-electron chi connectivity index (χ4n) is 3.16. The van der Waals surface area contributed by atoms with Crippen molar-refractivity contribution in [2.24, 2.45) is 5.73 Å². The molecule has 2 aromatic heterocycles. The van der Waals surface area contributed by atoms with Crippen molar-refractivity contribution in [3.05, 3.63) is 76.8 Å².